The molecule has 0 heterocycles. The van der Waals surface area contributed by atoms with Gasteiger partial charge >= 0.3 is 5.97 Å². The summed E-state index contributed by atoms with van der Waals surface area (Å²) in [5.41, 5.74) is 2.68. The minimum Gasteiger partial charge on any atom is -0.461 e. The second kappa shape index (κ2) is 9.47. The number of hydrogen-bond acceptors (Lipinski definition) is 5. The van der Waals surface area contributed by atoms with Gasteiger partial charge < -0.3 is 15.3 Å². The van der Waals surface area contributed by atoms with E-state index in [0.29, 0.717) is 12.0 Å². The Bertz CT molecular complexity index is 684. The lowest BCUT2D eigenvalue weighted by Gasteiger charge is -2.11. The Labute approximate surface area is 142 Å². The van der Waals surface area contributed by atoms with Crippen LogP contribution in [0.5, 0.6) is 0 Å². The van der Waals surface area contributed by atoms with Crippen LogP contribution in [0.4, 0.5) is 0 Å². The molecule has 0 unspecified atom stereocenters. The van der Waals surface area contributed by atoms with Crippen molar-refractivity contribution in [3.05, 3.63) is 71.3 Å². The fourth-order valence-corrected chi connectivity index (χ4v) is 2.43. The van der Waals surface area contributed by atoms with E-state index in [2.05, 4.69) is 22.6 Å². The van der Waals surface area contributed by atoms with Crippen LogP contribution in [0.1, 0.15) is 23.6 Å². The van der Waals surface area contributed by atoms with E-state index >= 15 is 0 Å². The zero-order valence-electron chi connectivity index (χ0n) is 13.7. The number of carbonyl (C=O) groups is 1. The highest BCUT2D eigenvalue weighted by Gasteiger charge is 2.18. The highest BCUT2D eigenvalue weighted by atomic mass is 16.5. The molecule has 126 valence electrons. The first-order valence-electron chi connectivity index (χ1n) is 7.98. The minimum atomic E-state index is -0.621. The molecule has 0 spiro atoms. The van der Waals surface area contributed by atoms with Gasteiger partial charge in [0.1, 0.15) is 0 Å². The predicted octanol–water partition coefficient (Wildman–Crippen LogP) is 2.76. The molecule has 0 atom stereocenters. The van der Waals surface area contributed by atoms with Gasteiger partial charge in [-0.1, -0.05) is 59.8 Å². The summed E-state index contributed by atoms with van der Waals surface area (Å²) < 4.78 is 4.94. The Kier molecular flexibility index (Phi) is 6.98. The van der Waals surface area contributed by atoms with E-state index in [4.69, 9.17) is 4.74 Å². The van der Waals surface area contributed by atoms with Crippen molar-refractivity contribution in [3.63, 3.8) is 0 Å². The molecule has 2 aromatic carbocycles. The molecule has 0 aromatic heterocycles. The molecule has 5 heteroatoms. The Hall–Kier alpha value is -2.66. The fraction of sp³-hybridized carbons (Fsp3) is 0.263. The number of carbonyl (C=O) groups excluding carboxylic acids is 1. The summed E-state index contributed by atoms with van der Waals surface area (Å²) in [6.07, 6.45) is 0.710. The van der Waals surface area contributed by atoms with Crippen LogP contribution < -0.4 is 5.32 Å². The van der Waals surface area contributed by atoms with E-state index in [9.17, 15) is 10.0 Å². The van der Waals surface area contributed by atoms with Gasteiger partial charge in [0.05, 0.1) is 6.61 Å². The monoisotopic (exact) mass is 326 g/mol. The lowest BCUT2D eigenvalue weighted by molar-refractivity contribution is -0.135. The van der Waals surface area contributed by atoms with E-state index in [1.54, 1.807) is 19.1 Å². The Morgan fingerprint density at radius 1 is 1.12 bits per heavy atom. The second-order valence-electron chi connectivity index (χ2n) is 5.24. The van der Waals surface area contributed by atoms with Crippen LogP contribution in [0.3, 0.4) is 0 Å². The molecule has 24 heavy (non-hydrogen) atoms. The van der Waals surface area contributed by atoms with Crippen LogP contribution in [0.25, 0.3) is 0 Å². The van der Waals surface area contributed by atoms with Crippen molar-refractivity contribution in [2.24, 2.45) is 5.16 Å². The van der Waals surface area contributed by atoms with Gasteiger partial charge in [-0.25, -0.2) is 4.79 Å². The quantitative estimate of drug-likeness (QED) is 0.257. The molecule has 2 aromatic rings. The molecule has 0 aliphatic heterocycles. The van der Waals surface area contributed by atoms with Gasteiger partial charge in [-0.05, 0) is 31.0 Å². The summed E-state index contributed by atoms with van der Waals surface area (Å²) in [6.45, 7) is 3.47. The Morgan fingerprint density at radius 2 is 1.83 bits per heavy atom. The number of nitrogens with zero attached hydrogens (tertiary/aromatic N) is 1. The van der Waals surface area contributed by atoms with Gasteiger partial charge in [0.25, 0.3) is 0 Å². The summed E-state index contributed by atoms with van der Waals surface area (Å²) in [5.74, 6) is -0.621. The third-order valence-corrected chi connectivity index (χ3v) is 3.58. The lowest BCUT2D eigenvalue weighted by Crippen LogP contribution is -2.22. The van der Waals surface area contributed by atoms with E-state index in [0.717, 1.165) is 18.7 Å². The number of oxime groups is 1. The van der Waals surface area contributed by atoms with Crippen molar-refractivity contribution >= 4 is 11.7 Å². The maximum atomic E-state index is 11.9. The van der Waals surface area contributed by atoms with Crippen LogP contribution in [-0.2, 0) is 22.5 Å². The lowest BCUT2D eigenvalue weighted by atomic mass is 10.0. The number of nitrogens with one attached hydrogen (secondary N) is 1. The van der Waals surface area contributed by atoms with Crippen LogP contribution in [0.2, 0.25) is 0 Å². The average molecular weight is 326 g/mol. The zero-order chi connectivity index (χ0) is 17.2. The van der Waals surface area contributed by atoms with E-state index in [-0.39, 0.29) is 12.3 Å². The first-order chi connectivity index (χ1) is 11.8. The summed E-state index contributed by atoms with van der Waals surface area (Å²) in [4.78, 5) is 11.9. The summed E-state index contributed by atoms with van der Waals surface area (Å²) >= 11 is 0. The first-order valence-corrected chi connectivity index (χ1v) is 7.98. The van der Waals surface area contributed by atoms with Crippen molar-refractivity contribution in [2.45, 2.75) is 19.9 Å². The molecule has 2 N–H and O–H groups in total. The van der Waals surface area contributed by atoms with E-state index in [1.807, 2.05) is 30.3 Å². The molecule has 0 aliphatic rings. The maximum Gasteiger partial charge on any atom is 0.361 e. The van der Waals surface area contributed by atoms with Crippen LogP contribution in [0, 0.1) is 0 Å². The van der Waals surface area contributed by atoms with E-state index in [1.165, 1.54) is 5.56 Å². The van der Waals surface area contributed by atoms with Crippen LogP contribution >= 0.6 is 0 Å². The molecule has 0 bridgehead atoms. The number of hydrogen-bond donors (Lipinski definition) is 2. The molecule has 0 aliphatic carbocycles. The Balaban J connectivity index is 1.99. The first kappa shape index (κ1) is 17.7. The van der Waals surface area contributed by atoms with Crippen LogP contribution in [0.15, 0.2) is 59.8 Å². The smallest absolute Gasteiger partial charge is 0.361 e. The molecule has 0 fully saturated rings. The molecule has 0 saturated carbocycles. The third-order valence-electron chi connectivity index (χ3n) is 3.58. The maximum absolute atomic E-state index is 11.9. The van der Waals surface area contributed by atoms with Gasteiger partial charge in [-0.2, -0.15) is 0 Å². The van der Waals surface area contributed by atoms with Crippen molar-refractivity contribution in [1.82, 2.24) is 5.32 Å². The van der Waals surface area contributed by atoms with Crippen molar-refractivity contribution in [2.75, 3.05) is 13.2 Å². The molecule has 0 saturated heterocycles. The number of benzene rings is 2. The highest BCUT2D eigenvalue weighted by Crippen LogP contribution is 2.12. The summed E-state index contributed by atoms with van der Waals surface area (Å²) in [6, 6.07) is 17.5. The van der Waals surface area contributed by atoms with Gasteiger partial charge in [-0.15, -0.1) is 0 Å². The fourth-order valence-electron chi connectivity index (χ4n) is 2.43. The standard InChI is InChI=1S/C19H22N2O3/c1-2-24-19(22)18(21-23)17-11-7-6-10-16(17)12-13-20-14-15-8-4-3-5-9-15/h3-11,20,23H,2,12-14H2,1H3. The number of ether oxygens (including phenoxy) is 1. The highest BCUT2D eigenvalue weighted by molar-refractivity contribution is 6.43. The van der Waals surface area contributed by atoms with Gasteiger partial charge in [0.15, 0.2) is 5.71 Å². The minimum absolute atomic E-state index is 0.0597. The summed E-state index contributed by atoms with van der Waals surface area (Å²) in [5, 5.41) is 15.7. The normalized spacial score (nSPS) is 11.3. The van der Waals surface area contributed by atoms with Gasteiger partial charge in [-0.3, -0.25) is 0 Å². The number of esters is 1. The predicted molar refractivity (Wildman–Crippen MR) is 93.3 cm³/mol. The average Bonchev–Trinajstić information content (AvgIpc) is 2.62. The molecule has 2 rings (SSSR count). The largest absolute Gasteiger partial charge is 0.461 e. The molecule has 5 nitrogen and oxygen atoms in total. The second-order valence-corrected chi connectivity index (χ2v) is 5.24. The van der Waals surface area contributed by atoms with E-state index < -0.39 is 5.97 Å². The Morgan fingerprint density at radius 3 is 2.54 bits per heavy atom. The SMILES string of the molecule is CCOC(=O)C(=NO)c1ccccc1CCNCc1ccccc1. The molecule has 0 amide bonds. The zero-order valence-corrected chi connectivity index (χ0v) is 13.7. The van der Waals surface area contributed by atoms with Gasteiger partial charge in [0, 0.05) is 12.1 Å². The van der Waals surface area contributed by atoms with Gasteiger partial charge in [0.2, 0.25) is 0 Å². The van der Waals surface area contributed by atoms with Crippen molar-refractivity contribution in [3.8, 4) is 0 Å². The van der Waals surface area contributed by atoms with Crippen molar-refractivity contribution < 1.29 is 14.7 Å². The molecule has 0 radical (unpaired) electrons. The topological polar surface area (TPSA) is 70.9 Å². The molecular formula is C19H22N2O3. The number of rotatable bonds is 8. The molecular weight excluding hydrogens is 304 g/mol. The summed E-state index contributed by atoms with van der Waals surface area (Å²) in [7, 11) is 0. The van der Waals surface area contributed by atoms with Crippen LogP contribution in [-0.4, -0.2) is 30.0 Å². The third kappa shape index (κ3) is 4.93. The van der Waals surface area contributed by atoms with Crippen molar-refractivity contribution in [1.29, 1.82) is 0 Å².